The van der Waals surface area contributed by atoms with Crippen molar-refractivity contribution in [2.24, 2.45) is 0 Å². The summed E-state index contributed by atoms with van der Waals surface area (Å²) in [5, 5.41) is 9.62. The molecule has 7 nitrogen and oxygen atoms in total. The third-order valence-electron chi connectivity index (χ3n) is 6.37. The van der Waals surface area contributed by atoms with Crippen LogP contribution in [0.15, 0.2) is 53.3 Å². The quantitative estimate of drug-likeness (QED) is 0.408. The number of benzene rings is 2. The van der Waals surface area contributed by atoms with Crippen LogP contribution < -0.4 is 10.5 Å². The molecule has 0 spiro atoms. The van der Waals surface area contributed by atoms with Gasteiger partial charge >= 0.3 is 0 Å². The van der Waals surface area contributed by atoms with Gasteiger partial charge in [0.25, 0.3) is 5.56 Å². The monoisotopic (exact) mass is 475 g/mol. The Balaban J connectivity index is 1.23. The zero-order valence-electron chi connectivity index (χ0n) is 19.2. The first-order valence-electron chi connectivity index (χ1n) is 11.8. The molecule has 0 unspecified atom stereocenters. The summed E-state index contributed by atoms with van der Waals surface area (Å²) in [4.78, 5) is 32.8. The van der Waals surface area contributed by atoms with Crippen molar-refractivity contribution in [1.29, 1.82) is 5.26 Å². The molecule has 1 saturated heterocycles. The average molecular weight is 476 g/mol. The minimum Gasteiger partial charge on any atom is -0.370 e. The fourth-order valence-corrected chi connectivity index (χ4v) is 4.74. The second kappa shape index (κ2) is 11.1. The molecule has 176 valence electrons. The second-order valence-electron chi connectivity index (χ2n) is 8.62. The Kier molecular flexibility index (Phi) is 7.76. The van der Waals surface area contributed by atoms with Crippen LogP contribution in [-0.4, -0.2) is 46.5 Å². The maximum Gasteiger partial charge on any atom is 0.262 e. The molecule has 1 aromatic heterocycles. The Morgan fingerprint density at radius 2 is 1.79 bits per heavy atom. The van der Waals surface area contributed by atoms with Gasteiger partial charge in [-0.25, -0.2) is 0 Å². The number of nitrogens with one attached hydrogen (secondary N) is 1. The highest BCUT2D eigenvalue weighted by atomic mass is 32.1. The molecule has 0 saturated carbocycles. The summed E-state index contributed by atoms with van der Waals surface area (Å²) >= 11 is 5.37. The number of anilines is 1. The van der Waals surface area contributed by atoms with Gasteiger partial charge in [0.2, 0.25) is 5.91 Å². The number of aromatic nitrogens is 2. The van der Waals surface area contributed by atoms with Crippen LogP contribution in [0.5, 0.6) is 0 Å². The number of aromatic amines is 1. The van der Waals surface area contributed by atoms with Gasteiger partial charge in [-0.15, -0.1) is 0 Å². The SMILES string of the molecule is N#Cc1ccc(N2CCCN(C(=O)CCCCCn3c(=S)[nH]c4ccccc4c3=O)CC2)cc1. The number of fused-ring (bicyclic) bond motifs is 1. The molecular weight excluding hydrogens is 446 g/mol. The van der Waals surface area contributed by atoms with Gasteiger partial charge in [-0.3, -0.25) is 14.2 Å². The highest BCUT2D eigenvalue weighted by Crippen LogP contribution is 2.18. The van der Waals surface area contributed by atoms with Gasteiger partial charge in [-0.1, -0.05) is 18.6 Å². The summed E-state index contributed by atoms with van der Waals surface area (Å²) < 4.78 is 2.06. The topological polar surface area (TPSA) is 85.1 Å². The predicted octanol–water partition coefficient (Wildman–Crippen LogP) is 4.23. The summed E-state index contributed by atoms with van der Waals surface area (Å²) in [7, 11) is 0. The zero-order valence-corrected chi connectivity index (χ0v) is 20.0. The Bertz CT molecular complexity index is 1310. The van der Waals surface area contributed by atoms with Crippen LogP contribution >= 0.6 is 12.2 Å². The average Bonchev–Trinajstić information content (AvgIpc) is 3.12. The maximum absolute atomic E-state index is 12.8. The van der Waals surface area contributed by atoms with E-state index in [2.05, 4.69) is 16.0 Å². The molecule has 3 aromatic rings. The van der Waals surface area contributed by atoms with Gasteiger partial charge < -0.3 is 14.8 Å². The minimum atomic E-state index is -0.0631. The van der Waals surface area contributed by atoms with E-state index in [1.54, 1.807) is 4.57 Å². The number of hydrogen-bond acceptors (Lipinski definition) is 5. The number of nitriles is 1. The molecule has 1 aliphatic rings. The third-order valence-corrected chi connectivity index (χ3v) is 6.69. The minimum absolute atomic E-state index is 0.0631. The molecule has 1 fully saturated rings. The number of hydrogen-bond donors (Lipinski definition) is 1. The van der Waals surface area contributed by atoms with Gasteiger partial charge in [-0.2, -0.15) is 5.26 Å². The van der Waals surface area contributed by atoms with E-state index in [1.807, 2.05) is 53.4 Å². The Labute approximate surface area is 204 Å². The zero-order chi connectivity index (χ0) is 23.9. The normalized spacial score (nSPS) is 14.1. The number of rotatable bonds is 7. The van der Waals surface area contributed by atoms with E-state index in [-0.39, 0.29) is 11.5 Å². The number of H-pyrrole nitrogens is 1. The molecule has 2 heterocycles. The largest absolute Gasteiger partial charge is 0.370 e. The number of nitrogens with zero attached hydrogens (tertiary/aromatic N) is 4. The van der Waals surface area contributed by atoms with E-state index in [0.717, 1.165) is 56.5 Å². The number of para-hydroxylation sites is 1. The maximum atomic E-state index is 12.8. The summed E-state index contributed by atoms with van der Waals surface area (Å²) in [5.41, 5.74) is 2.44. The van der Waals surface area contributed by atoms with Gasteiger partial charge in [0.15, 0.2) is 4.77 Å². The highest BCUT2D eigenvalue weighted by molar-refractivity contribution is 7.71. The van der Waals surface area contributed by atoms with Crippen molar-refractivity contribution in [1.82, 2.24) is 14.5 Å². The highest BCUT2D eigenvalue weighted by Gasteiger charge is 2.19. The molecule has 0 radical (unpaired) electrons. The summed E-state index contributed by atoms with van der Waals surface area (Å²) in [6.07, 6.45) is 3.92. The Hall–Kier alpha value is -3.44. The van der Waals surface area contributed by atoms with Crippen LogP contribution in [0, 0.1) is 16.1 Å². The van der Waals surface area contributed by atoms with Gasteiger partial charge in [0.05, 0.1) is 22.5 Å². The molecule has 2 aromatic carbocycles. The lowest BCUT2D eigenvalue weighted by Crippen LogP contribution is -2.35. The van der Waals surface area contributed by atoms with Crippen molar-refractivity contribution >= 4 is 34.7 Å². The standard InChI is InChI=1S/C26H29N5O2S/c27-19-20-10-12-21(13-11-20)29-14-6-15-30(18-17-29)24(32)9-2-1-5-16-31-25(33)22-7-3-4-8-23(22)28-26(31)34/h3-4,7-8,10-13H,1-2,5-6,9,14-18H2,(H,28,34). The first-order valence-corrected chi connectivity index (χ1v) is 12.2. The van der Waals surface area contributed by atoms with Crippen molar-refractivity contribution in [2.45, 2.75) is 38.6 Å². The molecule has 4 rings (SSSR count). The Morgan fingerprint density at radius 1 is 1.00 bits per heavy atom. The lowest BCUT2D eigenvalue weighted by Gasteiger charge is -2.24. The molecule has 0 aliphatic carbocycles. The first kappa shape index (κ1) is 23.7. The molecular formula is C26H29N5O2S. The van der Waals surface area contributed by atoms with Crippen LogP contribution in [0.4, 0.5) is 5.69 Å². The van der Waals surface area contributed by atoms with Crippen molar-refractivity contribution in [3.8, 4) is 6.07 Å². The van der Waals surface area contributed by atoms with E-state index in [4.69, 9.17) is 17.5 Å². The molecule has 8 heteroatoms. The van der Waals surface area contributed by atoms with Gasteiger partial charge in [0.1, 0.15) is 0 Å². The van der Waals surface area contributed by atoms with Gasteiger partial charge in [-0.05, 0) is 67.9 Å². The fraction of sp³-hybridized carbons (Fsp3) is 0.385. The number of carbonyl (C=O) groups is 1. The lowest BCUT2D eigenvalue weighted by molar-refractivity contribution is -0.131. The molecule has 1 aliphatic heterocycles. The third kappa shape index (κ3) is 5.54. The van der Waals surface area contributed by atoms with E-state index in [1.165, 1.54) is 0 Å². The van der Waals surface area contributed by atoms with Crippen LogP contribution in [0.3, 0.4) is 0 Å². The molecule has 0 atom stereocenters. The lowest BCUT2D eigenvalue weighted by atomic mass is 10.1. The first-order chi connectivity index (χ1) is 16.6. The Morgan fingerprint density at radius 3 is 2.59 bits per heavy atom. The second-order valence-corrected chi connectivity index (χ2v) is 9.01. The summed E-state index contributed by atoms with van der Waals surface area (Å²) in [6.45, 7) is 3.72. The van der Waals surface area contributed by atoms with Crippen molar-refractivity contribution < 1.29 is 4.79 Å². The van der Waals surface area contributed by atoms with Crippen LogP contribution in [-0.2, 0) is 11.3 Å². The number of unbranched alkanes of at least 4 members (excludes halogenated alkanes) is 2. The van der Waals surface area contributed by atoms with E-state index in [9.17, 15) is 9.59 Å². The van der Waals surface area contributed by atoms with E-state index in [0.29, 0.717) is 35.2 Å². The van der Waals surface area contributed by atoms with E-state index >= 15 is 0 Å². The summed E-state index contributed by atoms with van der Waals surface area (Å²) in [6, 6.07) is 17.2. The van der Waals surface area contributed by atoms with Crippen LogP contribution in [0.25, 0.3) is 10.9 Å². The number of carbonyl (C=O) groups excluding carboxylic acids is 1. The van der Waals surface area contributed by atoms with Crippen LogP contribution in [0.1, 0.15) is 37.7 Å². The smallest absolute Gasteiger partial charge is 0.262 e. The predicted molar refractivity (Wildman–Crippen MR) is 136 cm³/mol. The molecule has 0 bridgehead atoms. The summed E-state index contributed by atoms with van der Waals surface area (Å²) in [5.74, 6) is 0.196. The number of amides is 1. The van der Waals surface area contributed by atoms with E-state index < -0.39 is 0 Å². The molecule has 34 heavy (non-hydrogen) atoms. The van der Waals surface area contributed by atoms with Crippen molar-refractivity contribution in [3.63, 3.8) is 0 Å². The van der Waals surface area contributed by atoms with Crippen molar-refractivity contribution in [3.05, 3.63) is 69.2 Å². The van der Waals surface area contributed by atoms with Crippen LogP contribution in [0.2, 0.25) is 0 Å². The van der Waals surface area contributed by atoms with Crippen molar-refractivity contribution in [2.75, 3.05) is 31.1 Å². The van der Waals surface area contributed by atoms with Gasteiger partial charge in [0, 0.05) is 44.8 Å². The fourth-order valence-electron chi connectivity index (χ4n) is 4.45. The molecule has 1 N–H and O–H groups in total. The molecule has 1 amide bonds.